The maximum absolute atomic E-state index is 12.4. The number of nitrogens with zero attached hydrogens (tertiary/aromatic N) is 1. The van der Waals surface area contributed by atoms with Crippen LogP contribution in [-0.4, -0.2) is 24.5 Å². The molecule has 1 amide bonds. The van der Waals surface area contributed by atoms with E-state index in [1.165, 1.54) is 50.5 Å². The van der Waals surface area contributed by atoms with Gasteiger partial charge in [-0.15, -0.1) is 0 Å². The molecule has 0 saturated carbocycles. The molecule has 2 nitrogen and oxygen atoms in total. The third-order valence-electron chi connectivity index (χ3n) is 4.34. The minimum Gasteiger partial charge on any atom is -0.262 e. The molecule has 1 aromatic rings. The Balaban J connectivity index is 2.18. The topological polar surface area (TPSA) is 17.1 Å². The number of hydrogen-bond donors (Lipinski definition) is 0. The number of quaternary nitrogens is 1. The van der Waals surface area contributed by atoms with Crippen molar-refractivity contribution in [2.75, 3.05) is 14.1 Å². The van der Waals surface area contributed by atoms with Crippen LogP contribution < -0.4 is 0 Å². The first-order valence-electron chi connectivity index (χ1n) is 8.96. The van der Waals surface area contributed by atoms with Gasteiger partial charge >= 0.3 is 5.91 Å². The number of carbonyl (C=O) groups is 1. The van der Waals surface area contributed by atoms with E-state index in [1.807, 2.05) is 32.3 Å². The summed E-state index contributed by atoms with van der Waals surface area (Å²) in [5, 5.41) is 0. The molecule has 0 aliphatic rings. The lowest BCUT2D eigenvalue weighted by atomic mass is 10.1. The average Bonchev–Trinajstić information content (AvgIpc) is 2.50. The Kier molecular flexibility index (Phi) is 9.07. The van der Waals surface area contributed by atoms with Crippen molar-refractivity contribution in [3.8, 4) is 0 Å². The standard InChI is InChI=1S/C20H34NO/c1-4-5-6-7-8-9-10-14-17-20(22)21(2,3)18-19-15-12-11-13-16-19/h11-13,15-16H,4-10,14,17-18H2,1-3H3/q+1. The maximum atomic E-state index is 12.4. The number of hydrogen-bond acceptors (Lipinski definition) is 1. The van der Waals surface area contributed by atoms with E-state index < -0.39 is 0 Å². The first-order chi connectivity index (χ1) is 10.6. The number of carbonyl (C=O) groups excluding carboxylic acids is 1. The smallest absolute Gasteiger partial charge is 0.262 e. The molecule has 0 aromatic heterocycles. The highest BCUT2D eigenvalue weighted by atomic mass is 16.2. The molecule has 0 spiro atoms. The van der Waals surface area contributed by atoms with E-state index >= 15 is 0 Å². The summed E-state index contributed by atoms with van der Waals surface area (Å²) in [4.78, 5) is 12.4. The second kappa shape index (κ2) is 10.6. The summed E-state index contributed by atoms with van der Waals surface area (Å²) in [5.74, 6) is 0.356. The third-order valence-corrected chi connectivity index (χ3v) is 4.34. The molecule has 1 rings (SSSR count). The van der Waals surface area contributed by atoms with E-state index in [1.54, 1.807) is 0 Å². The van der Waals surface area contributed by atoms with Gasteiger partial charge in [0.25, 0.3) is 0 Å². The van der Waals surface area contributed by atoms with Crippen molar-refractivity contribution >= 4 is 5.91 Å². The Morgan fingerprint density at radius 3 is 2.00 bits per heavy atom. The normalized spacial score (nSPS) is 11.6. The van der Waals surface area contributed by atoms with Crippen LogP contribution in [0.4, 0.5) is 0 Å². The molecule has 2 heteroatoms. The van der Waals surface area contributed by atoms with Crippen molar-refractivity contribution in [3.63, 3.8) is 0 Å². The predicted molar refractivity (Wildman–Crippen MR) is 94.5 cm³/mol. The van der Waals surface area contributed by atoms with Crippen LogP contribution in [0.15, 0.2) is 30.3 Å². The summed E-state index contributed by atoms with van der Waals surface area (Å²) < 4.78 is 0.459. The molecule has 0 aliphatic carbocycles. The van der Waals surface area contributed by atoms with Crippen LogP contribution in [0.5, 0.6) is 0 Å². The van der Waals surface area contributed by atoms with E-state index in [-0.39, 0.29) is 0 Å². The van der Waals surface area contributed by atoms with Crippen molar-refractivity contribution < 1.29 is 9.28 Å². The first-order valence-corrected chi connectivity index (χ1v) is 8.96. The number of amides is 1. The van der Waals surface area contributed by atoms with Gasteiger partial charge in [0.2, 0.25) is 0 Å². The highest BCUT2D eigenvalue weighted by molar-refractivity contribution is 5.68. The zero-order valence-corrected chi connectivity index (χ0v) is 14.8. The third kappa shape index (κ3) is 7.74. The van der Waals surface area contributed by atoms with Crippen molar-refractivity contribution in [3.05, 3.63) is 35.9 Å². The zero-order chi connectivity index (χ0) is 16.3. The predicted octanol–water partition coefficient (Wildman–Crippen LogP) is 5.32. The lowest BCUT2D eigenvalue weighted by Crippen LogP contribution is -2.44. The molecule has 124 valence electrons. The van der Waals surface area contributed by atoms with Crippen molar-refractivity contribution in [1.82, 2.24) is 0 Å². The van der Waals surface area contributed by atoms with Crippen LogP contribution in [0, 0.1) is 0 Å². The van der Waals surface area contributed by atoms with Gasteiger partial charge in [-0.1, -0.05) is 82.2 Å². The number of rotatable bonds is 11. The molecular formula is C20H34NO+. The van der Waals surface area contributed by atoms with E-state index in [0.29, 0.717) is 10.4 Å². The Morgan fingerprint density at radius 2 is 1.41 bits per heavy atom. The van der Waals surface area contributed by atoms with Crippen LogP contribution in [0.3, 0.4) is 0 Å². The fourth-order valence-electron chi connectivity index (χ4n) is 2.84. The average molecular weight is 304 g/mol. The van der Waals surface area contributed by atoms with Crippen LogP contribution >= 0.6 is 0 Å². The molecule has 0 fully saturated rings. The quantitative estimate of drug-likeness (QED) is 0.399. The van der Waals surface area contributed by atoms with Gasteiger partial charge in [-0.25, -0.2) is 4.79 Å². The minimum atomic E-state index is 0.356. The van der Waals surface area contributed by atoms with Crippen molar-refractivity contribution in [2.45, 2.75) is 71.3 Å². The van der Waals surface area contributed by atoms with Crippen LogP contribution in [0.25, 0.3) is 0 Å². The number of unbranched alkanes of at least 4 members (excludes halogenated alkanes) is 7. The molecule has 0 bridgehead atoms. The Bertz CT molecular complexity index is 411. The molecule has 0 N–H and O–H groups in total. The summed E-state index contributed by atoms with van der Waals surface area (Å²) in [6.07, 6.45) is 11.0. The lowest BCUT2D eigenvalue weighted by Gasteiger charge is -2.27. The van der Waals surface area contributed by atoms with E-state index in [2.05, 4.69) is 19.1 Å². The second-order valence-electron chi connectivity index (χ2n) is 6.95. The monoisotopic (exact) mass is 304 g/mol. The van der Waals surface area contributed by atoms with E-state index in [4.69, 9.17) is 0 Å². The van der Waals surface area contributed by atoms with Crippen molar-refractivity contribution in [1.29, 1.82) is 0 Å². The van der Waals surface area contributed by atoms with Gasteiger partial charge in [-0.05, 0) is 6.42 Å². The summed E-state index contributed by atoms with van der Waals surface area (Å²) in [6.45, 7) is 3.04. The fraction of sp³-hybridized carbons (Fsp3) is 0.650. The highest BCUT2D eigenvalue weighted by Gasteiger charge is 2.25. The second-order valence-corrected chi connectivity index (χ2v) is 6.95. The molecule has 0 heterocycles. The fourth-order valence-corrected chi connectivity index (χ4v) is 2.84. The summed E-state index contributed by atoms with van der Waals surface area (Å²) in [5.41, 5.74) is 1.23. The summed E-state index contributed by atoms with van der Waals surface area (Å²) in [7, 11) is 4.06. The van der Waals surface area contributed by atoms with Gasteiger partial charge in [0.15, 0.2) is 0 Å². The van der Waals surface area contributed by atoms with Crippen LogP contribution in [0.2, 0.25) is 0 Å². The van der Waals surface area contributed by atoms with Gasteiger partial charge < -0.3 is 0 Å². The maximum Gasteiger partial charge on any atom is 0.313 e. The van der Waals surface area contributed by atoms with Gasteiger partial charge in [0.05, 0.1) is 20.5 Å². The molecule has 22 heavy (non-hydrogen) atoms. The van der Waals surface area contributed by atoms with Gasteiger partial charge in [-0.3, -0.25) is 4.48 Å². The summed E-state index contributed by atoms with van der Waals surface area (Å²) in [6, 6.07) is 10.3. The van der Waals surface area contributed by atoms with Crippen molar-refractivity contribution in [2.24, 2.45) is 0 Å². The summed E-state index contributed by atoms with van der Waals surface area (Å²) >= 11 is 0. The zero-order valence-electron chi connectivity index (χ0n) is 14.8. The first kappa shape index (κ1) is 18.9. The molecule has 0 saturated heterocycles. The van der Waals surface area contributed by atoms with Gasteiger partial charge in [-0.2, -0.15) is 0 Å². The van der Waals surface area contributed by atoms with Crippen LogP contribution in [0.1, 0.15) is 70.3 Å². The van der Waals surface area contributed by atoms with Crippen LogP contribution in [-0.2, 0) is 11.3 Å². The Labute approximate surface area is 137 Å². The lowest BCUT2D eigenvalue weighted by molar-refractivity contribution is -0.828. The molecular weight excluding hydrogens is 270 g/mol. The molecule has 0 aliphatic heterocycles. The molecule has 0 atom stereocenters. The molecule has 0 radical (unpaired) electrons. The van der Waals surface area contributed by atoms with Gasteiger partial charge in [0, 0.05) is 5.56 Å². The SMILES string of the molecule is CCCCCCCCCCC(=O)[N+](C)(C)Cc1ccccc1. The Hall–Kier alpha value is -1.15. The Morgan fingerprint density at radius 1 is 0.864 bits per heavy atom. The van der Waals surface area contributed by atoms with E-state index in [9.17, 15) is 4.79 Å². The minimum absolute atomic E-state index is 0.356. The molecule has 1 aromatic carbocycles. The number of benzene rings is 1. The highest BCUT2D eigenvalue weighted by Crippen LogP contribution is 2.14. The van der Waals surface area contributed by atoms with Gasteiger partial charge in [0.1, 0.15) is 6.54 Å². The largest absolute Gasteiger partial charge is 0.313 e. The van der Waals surface area contributed by atoms with E-state index in [0.717, 1.165) is 19.4 Å². The molecule has 0 unspecified atom stereocenters.